The zero-order valence-electron chi connectivity index (χ0n) is 17.7. The van der Waals surface area contributed by atoms with Gasteiger partial charge >= 0.3 is 0 Å². The van der Waals surface area contributed by atoms with E-state index in [4.69, 9.17) is 9.84 Å². The highest BCUT2D eigenvalue weighted by molar-refractivity contribution is 5.53. The molecular weight excluding hydrogens is 396 g/mol. The van der Waals surface area contributed by atoms with E-state index in [-0.39, 0.29) is 6.61 Å². The molecule has 1 aliphatic heterocycles. The topological polar surface area (TPSA) is 112 Å². The van der Waals surface area contributed by atoms with Crippen molar-refractivity contribution in [1.29, 1.82) is 0 Å². The second kappa shape index (κ2) is 9.63. The van der Waals surface area contributed by atoms with Gasteiger partial charge in [-0.1, -0.05) is 0 Å². The molecule has 162 valence electrons. The van der Waals surface area contributed by atoms with E-state index < -0.39 is 0 Å². The summed E-state index contributed by atoms with van der Waals surface area (Å²) in [5.74, 6) is 2.88. The van der Waals surface area contributed by atoms with Crippen LogP contribution in [0, 0.1) is 13.8 Å². The predicted octanol–water partition coefficient (Wildman–Crippen LogP) is 1.93. The molecule has 0 aliphatic carbocycles. The third-order valence-corrected chi connectivity index (χ3v) is 4.91. The van der Waals surface area contributed by atoms with Gasteiger partial charge in [-0.3, -0.25) is 9.88 Å². The fourth-order valence-electron chi connectivity index (χ4n) is 3.26. The standard InChI is InChI=1S/C21H26N8O2/c1-15-3-5-18(14-22-15)31-19-6-4-17(13-23-19)26-20-24-16(2)25-21(27-20)29-9-7-28(8-10-29)11-12-30/h3-6,13-14,30H,7-12H2,1-2H3,(H,24,25,26,27). The van der Waals surface area contributed by atoms with Crippen LogP contribution in [-0.2, 0) is 0 Å². The molecule has 1 aliphatic rings. The smallest absolute Gasteiger partial charge is 0.232 e. The van der Waals surface area contributed by atoms with E-state index in [2.05, 4.69) is 40.0 Å². The molecule has 0 spiro atoms. The minimum Gasteiger partial charge on any atom is -0.437 e. The molecule has 0 atom stereocenters. The number of rotatable bonds is 7. The van der Waals surface area contributed by atoms with Crippen LogP contribution in [0.1, 0.15) is 11.5 Å². The van der Waals surface area contributed by atoms with E-state index >= 15 is 0 Å². The van der Waals surface area contributed by atoms with Gasteiger partial charge in [0.15, 0.2) is 0 Å². The van der Waals surface area contributed by atoms with Crippen molar-refractivity contribution in [3.63, 3.8) is 0 Å². The number of piperazine rings is 1. The third kappa shape index (κ3) is 5.62. The number of aromatic nitrogens is 5. The van der Waals surface area contributed by atoms with Crippen LogP contribution < -0.4 is 15.0 Å². The first-order chi connectivity index (χ1) is 15.1. The quantitative estimate of drug-likeness (QED) is 0.585. The maximum absolute atomic E-state index is 9.10. The van der Waals surface area contributed by atoms with Gasteiger partial charge in [-0.05, 0) is 32.0 Å². The molecule has 4 heterocycles. The number of ether oxygens (including phenoxy) is 1. The molecule has 0 radical (unpaired) electrons. The average molecular weight is 422 g/mol. The number of aliphatic hydroxyl groups excluding tert-OH is 1. The molecule has 3 aromatic rings. The summed E-state index contributed by atoms with van der Waals surface area (Å²) < 4.78 is 5.71. The number of aliphatic hydroxyl groups is 1. The molecule has 3 aromatic heterocycles. The maximum atomic E-state index is 9.10. The van der Waals surface area contributed by atoms with E-state index in [0.717, 1.165) is 37.6 Å². The summed E-state index contributed by atoms with van der Waals surface area (Å²) in [7, 11) is 0. The Labute approximate surface area is 181 Å². The first-order valence-corrected chi connectivity index (χ1v) is 10.2. The van der Waals surface area contributed by atoms with Gasteiger partial charge in [0, 0.05) is 44.5 Å². The van der Waals surface area contributed by atoms with Crippen LogP contribution in [0.4, 0.5) is 17.6 Å². The van der Waals surface area contributed by atoms with Gasteiger partial charge in [-0.2, -0.15) is 15.0 Å². The van der Waals surface area contributed by atoms with Crippen LogP contribution in [0.15, 0.2) is 36.7 Å². The van der Waals surface area contributed by atoms with Gasteiger partial charge in [0.1, 0.15) is 11.6 Å². The summed E-state index contributed by atoms with van der Waals surface area (Å²) >= 11 is 0. The van der Waals surface area contributed by atoms with E-state index in [0.29, 0.717) is 35.9 Å². The molecule has 2 N–H and O–H groups in total. The molecular formula is C21H26N8O2. The number of nitrogens with one attached hydrogen (secondary N) is 1. The highest BCUT2D eigenvalue weighted by atomic mass is 16.5. The molecule has 31 heavy (non-hydrogen) atoms. The Bertz CT molecular complexity index is 989. The Kier molecular flexibility index (Phi) is 6.48. The highest BCUT2D eigenvalue weighted by Crippen LogP contribution is 2.21. The minimum atomic E-state index is 0.179. The lowest BCUT2D eigenvalue weighted by Crippen LogP contribution is -2.47. The van der Waals surface area contributed by atoms with Gasteiger partial charge in [0.2, 0.25) is 17.8 Å². The van der Waals surface area contributed by atoms with Crippen molar-refractivity contribution < 1.29 is 9.84 Å². The number of nitrogens with zero attached hydrogens (tertiary/aromatic N) is 7. The molecule has 4 rings (SSSR count). The molecule has 0 bridgehead atoms. The maximum Gasteiger partial charge on any atom is 0.232 e. The highest BCUT2D eigenvalue weighted by Gasteiger charge is 2.19. The van der Waals surface area contributed by atoms with Gasteiger partial charge in [0.25, 0.3) is 0 Å². The summed E-state index contributed by atoms with van der Waals surface area (Å²) in [6.07, 6.45) is 3.34. The zero-order valence-corrected chi connectivity index (χ0v) is 17.7. The van der Waals surface area contributed by atoms with E-state index in [1.807, 2.05) is 32.0 Å². The van der Waals surface area contributed by atoms with Crippen LogP contribution in [0.2, 0.25) is 0 Å². The van der Waals surface area contributed by atoms with Crippen LogP contribution in [0.5, 0.6) is 11.6 Å². The van der Waals surface area contributed by atoms with Crippen molar-refractivity contribution in [3.05, 3.63) is 48.2 Å². The lowest BCUT2D eigenvalue weighted by atomic mass is 10.3. The van der Waals surface area contributed by atoms with Gasteiger partial charge in [-0.25, -0.2) is 4.98 Å². The molecule has 1 fully saturated rings. The van der Waals surface area contributed by atoms with E-state index in [1.54, 1.807) is 18.5 Å². The minimum absolute atomic E-state index is 0.179. The van der Waals surface area contributed by atoms with Crippen LogP contribution in [0.25, 0.3) is 0 Å². The second-order valence-corrected chi connectivity index (χ2v) is 7.31. The SMILES string of the molecule is Cc1ccc(Oc2ccc(Nc3nc(C)nc(N4CCN(CCO)CC4)n3)cn2)cn1. The van der Waals surface area contributed by atoms with Crippen molar-refractivity contribution in [1.82, 2.24) is 29.8 Å². The van der Waals surface area contributed by atoms with Crippen molar-refractivity contribution in [2.45, 2.75) is 13.8 Å². The molecule has 0 aromatic carbocycles. The summed E-state index contributed by atoms with van der Waals surface area (Å²) in [4.78, 5) is 26.4. The normalized spacial score (nSPS) is 14.5. The Morgan fingerprint density at radius 1 is 0.968 bits per heavy atom. The Balaban J connectivity index is 1.40. The van der Waals surface area contributed by atoms with Crippen LogP contribution in [0.3, 0.4) is 0 Å². The predicted molar refractivity (Wildman–Crippen MR) is 117 cm³/mol. The first kappa shape index (κ1) is 20.9. The summed E-state index contributed by atoms with van der Waals surface area (Å²) in [5, 5.41) is 12.3. The molecule has 10 nitrogen and oxygen atoms in total. The number of hydrogen-bond acceptors (Lipinski definition) is 10. The fraction of sp³-hybridized carbons (Fsp3) is 0.381. The second-order valence-electron chi connectivity index (χ2n) is 7.31. The molecule has 0 amide bonds. The Hall–Kier alpha value is -3.37. The lowest BCUT2D eigenvalue weighted by molar-refractivity contribution is 0.188. The number of pyridine rings is 2. The largest absolute Gasteiger partial charge is 0.437 e. The monoisotopic (exact) mass is 422 g/mol. The molecule has 1 saturated heterocycles. The summed E-state index contributed by atoms with van der Waals surface area (Å²) in [5.41, 5.74) is 1.68. The summed E-state index contributed by atoms with van der Waals surface area (Å²) in [6.45, 7) is 8.01. The lowest BCUT2D eigenvalue weighted by Gasteiger charge is -2.34. The van der Waals surface area contributed by atoms with Crippen LogP contribution >= 0.6 is 0 Å². The molecule has 10 heteroatoms. The number of aryl methyl sites for hydroxylation is 2. The first-order valence-electron chi connectivity index (χ1n) is 10.2. The number of hydrogen-bond donors (Lipinski definition) is 2. The Morgan fingerprint density at radius 3 is 2.48 bits per heavy atom. The van der Waals surface area contributed by atoms with E-state index in [1.165, 1.54) is 0 Å². The number of anilines is 3. The van der Waals surface area contributed by atoms with Crippen molar-refractivity contribution in [3.8, 4) is 11.6 Å². The van der Waals surface area contributed by atoms with Gasteiger partial charge in [0.05, 0.1) is 24.7 Å². The third-order valence-electron chi connectivity index (χ3n) is 4.91. The zero-order chi connectivity index (χ0) is 21.6. The molecule has 0 unspecified atom stereocenters. The van der Waals surface area contributed by atoms with Crippen LogP contribution in [-0.4, -0.2) is 74.3 Å². The Morgan fingerprint density at radius 2 is 1.81 bits per heavy atom. The number of β-amino-alcohol motifs (C(OH)–C–C–N with tert-alkyl or cyclic N) is 1. The summed E-state index contributed by atoms with van der Waals surface area (Å²) in [6, 6.07) is 7.38. The van der Waals surface area contributed by atoms with Gasteiger partial charge in [-0.15, -0.1) is 0 Å². The average Bonchev–Trinajstić information content (AvgIpc) is 2.77. The fourth-order valence-corrected chi connectivity index (χ4v) is 3.26. The van der Waals surface area contributed by atoms with Gasteiger partial charge < -0.3 is 20.1 Å². The molecule has 0 saturated carbocycles. The van der Waals surface area contributed by atoms with Crippen molar-refractivity contribution >= 4 is 17.6 Å². The van der Waals surface area contributed by atoms with E-state index in [9.17, 15) is 0 Å². The van der Waals surface area contributed by atoms with Crippen molar-refractivity contribution in [2.24, 2.45) is 0 Å². The van der Waals surface area contributed by atoms with Crippen molar-refractivity contribution in [2.75, 3.05) is 49.5 Å².